The summed E-state index contributed by atoms with van der Waals surface area (Å²) in [4.78, 5) is 0. The van der Waals surface area contributed by atoms with Gasteiger partial charge < -0.3 is 14.5 Å². The number of furan rings is 1. The lowest BCUT2D eigenvalue weighted by atomic mass is 10.2. The minimum atomic E-state index is 0.569. The second kappa shape index (κ2) is 6.73. The molecule has 0 unspecified atom stereocenters. The van der Waals surface area contributed by atoms with Crippen LogP contribution in [-0.2, 0) is 24.5 Å². The molecule has 4 heteroatoms. The standard InChI is InChI=1S/C14H16BrNO2/c1-16-8-14-12(5-6-18-14)10-17-9-11-3-2-4-13(15)7-11/h2-7,16H,8-10H2,1H3. The van der Waals surface area contributed by atoms with Crippen molar-refractivity contribution in [3.05, 3.63) is 58.0 Å². The molecular formula is C14H16BrNO2. The van der Waals surface area contributed by atoms with Crippen molar-refractivity contribution in [2.45, 2.75) is 19.8 Å². The van der Waals surface area contributed by atoms with E-state index in [0.29, 0.717) is 13.2 Å². The van der Waals surface area contributed by atoms with Crippen LogP contribution in [0.3, 0.4) is 0 Å². The van der Waals surface area contributed by atoms with E-state index >= 15 is 0 Å². The third kappa shape index (κ3) is 3.70. The monoisotopic (exact) mass is 309 g/mol. The highest BCUT2D eigenvalue weighted by Crippen LogP contribution is 2.15. The van der Waals surface area contributed by atoms with Crippen molar-refractivity contribution >= 4 is 15.9 Å². The van der Waals surface area contributed by atoms with E-state index in [2.05, 4.69) is 33.4 Å². The molecule has 0 fully saturated rings. The van der Waals surface area contributed by atoms with Crippen LogP contribution in [0.1, 0.15) is 16.9 Å². The van der Waals surface area contributed by atoms with Crippen LogP contribution in [0.5, 0.6) is 0 Å². The molecular weight excluding hydrogens is 294 g/mol. The fourth-order valence-corrected chi connectivity index (χ4v) is 2.16. The normalized spacial score (nSPS) is 10.8. The fourth-order valence-electron chi connectivity index (χ4n) is 1.72. The van der Waals surface area contributed by atoms with Gasteiger partial charge in [0.05, 0.1) is 26.0 Å². The average molecular weight is 310 g/mol. The first-order valence-electron chi connectivity index (χ1n) is 5.81. The van der Waals surface area contributed by atoms with Gasteiger partial charge in [-0.1, -0.05) is 28.1 Å². The molecule has 0 saturated carbocycles. The van der Waals surface area contributed by atoms with Crippen LogP contribution in [0.25, 0.3) is 0 Å². The molecule has 0 saturated heterocycles. The van der Waals surface area contributed by atoms with Crippen molar-refractivity contribution in [1.82, 2.24) is 5.32 Å². The maximum Gasteiger partial charge on any atom is 0.123 e. The molecule has 2 rings (SSSR count). The zero-order valence-corrected chi connectivity index (χ0v) is 11.9. The molecule has 18 heavy (non-hydrogen) atoms. The van der Waals surface area contributed by atoms with Gasteiger partial charge in [0.1, 0.15) is 5.76 Å². The van der Waals surface area contributed by atoms with Gasteiger partial charge >= 0.3 is 0 Å². The number of rotatable bonds is 6. The fraction of sp³-hybridized carbons (Fsp3) is 0.286. The minimum absolute atomic E-state index is 0.569. The van der Waals surface area contributed by atoms with Crippen molar-refractivity contribution in [1.29, 1.82) is 0 Å². The molecule has 0 bridgehead atoms. The lowest BCUT2D eigenvalue weighted by Gasteiger charge is -2.05. The number of hydrogen-bond donors (Lipinski definition) is 1. The van der Waals surface area contributed by atoms with E-state index in [1.807, 2.05) is 25.2 Å². The Kier molecular flexibility index (Phi) is 4.99. The van der Waals surface area contributed by atoms with Crippen molar-refractivity contribution < 1.29 is 9.15 Å². The number of ether oxygens (including phenoxy) is 1. The summed E-state index contributed by atoms with van der Waals surface area (Å²) in [5.41, 5.74) is 2.25. The molecule has 1 aromatic carbocycles. The molecule has 1 N–H and O–H groups in total. The van der Waals surface area contributed by atoms with Gasteiger partial charge in [-0.15, -0.1) is 0 Å². The zero-order chi connectivity index (χ0) is 12.8. The van der Waals surface area contributed by atoms with Gasteiger partial charge in [0.15, 0.2) is 0 Å². The minimum Gasteiger partial charge on any atom is -0.468 e. The lowest BCUT2D eigenvalue weighted by Crippen LogP contribution is -2.06. The predicted octanol–water partition coefficient (Wildman–Crippen LogP) is 3.48. The maximum atomic E-state index is 5.70. The van der Waals surface area contributed by atoms with Crippen LogP contribution >= 0.6 is 15.9 Å². The number of benzene rings is 1. The third-order valence-electron chi connectivity index (χ3n) is 2.59. The quantitative estimate of drug-likeness (QED) is 0.887. The summed E-state index contributed by atoms with van der Waals surface area (Å²) in [5, 5.41) is 3.07. The average Bonchev–Trinajstić information content (AvgIpc) is 2.78. The molecule has 0 radical (unpaired) electrons. The molecule has 0 aliphatic carbocycles. The van der Waals surface area contributed by atoms with Gasteiger partial charge in [0.2, 0.25) is 0 Å². The molecule has 1 aromatic heterocycles. The van der Waals surface area contributed by atoms with E-state index in [1.54, 1.807) is 6.26 Å². The van der Waals surface area contributed by atoms with E-state index in [0.717, 1.165) is 27.9 Å². The summed E-state index contributed by atoms with van der Waals surface area (Å²) in [7, 11) is 1.90. The van der Waals surface area contributed by atoms with Crippen molar-refractivity contribution in [2.24, 2.45) is 0 Å². The summed E-state index contributed by atoms with van der Waals surface area (Å²) in [6.45, 7) is 1.90. The van der Waals surface area contributed by atoms with Gasteiger partial charge in [-0.25, -0.2) is 0 Å². The number of hydrogen-bond acceptors (Lipinski definition) is 3. The molecule has 96 valence electrons. The highest BCUT2D eigenvalue weighted by Gasteiger charge is 2.05. The van der Waals surface area contributed by atoms with Crippen LogP contribution < -0.4 is 5.32 Å². The van der Waals surface area contributed by atoms with Gasteiger partial charge in [-0.2, -0.15) is 0 Å². The zero-order valence-electron chi connectivity index (χ0n) is 10.3. The summed E-state index contributed by atoms with van der Waals surface area (Å²) in [6.07, 6.45) is 1.70. The summed E-state index contributed by atoms with van der Waals surface area (Å²) >= 11 is 3.45. The Bertz CT molecular complexity index is 496. The Morgan fingerprint density at radius 1 is 1.28 bits per heavy atom. The Hall–Kier alpha value is -1.10. The first kappa shape index (κ1) is 13.3. The van der Waals surface area contributed by atoms with E-state index in [9.17, 15) is 0 Å². The molecule has 2 aromatic rings. The first-order chi connectivity index (χ1) is 8.79. The van der Waals surface area contributed by atoms with Gasteiger partial charge in [-0.05, 0) is 30.8 Å². The van der Waals surface area contributed by atoms with Crippen molar-refractivity contribution in [3.63, 3.8) is 0 Å². The van der Waals surface area contributed by atoms with E-state index in [4.69, 9.17) is 9.15 Å². The van der Waals surface area contributed by atoms with Gasteiger partial charge in [0, 0.05) is 10.0 Å². The molecule has 1 heterocycles. The van der Waals surface area contributed by atoms with Crippen LogP contribution in [0, 0.1) is 0 Å². The van der Waals surface area contributed by atoms with Gasteiger partial charge in [-0.3, -0.25) is 0 Å². The third-order valence-corrected chi connectivity index (χ3v) is 3.08. The largest absolute Gasteiger partial charge is 0.468 e. The second-order valence-corrected chi connectivity index (χ2v) is 4.94. The Balaban J connectivity index is 1.86. The van der Waals surface area contributed by atoms with E-state index in [-0.39, 0.29) is 0 Å². The van der Waals surface area contributed by atoms with E-state index < -0.39 is 0 Å². The lowest BCUT2D eigenvalue weighted by molar-refractivity contribution is 0.106. The topological polar surface area (TPSA) is 34.4 Å². The summed E-state index contributed by atoms with van der Waals surface area (Å²) in [5.74, 6) is 0.937. The van der Waals surface area contributed by atoms with Crippen molar-refractivity contribution in [3.8, 4) is 0 Å². The predicted molar refractivity (Wildman–Crippen MR) is 74.1 cm³/mol. The number of nitrogens with one attached hydrogen (secondary N) is 1. The van der Waals surface area contributed by atoms with Crippen LogP contribution in [0.4, 0.5) is 0 Å². The molecule has 0 amide bonds. The molecule has 0 spiro atoms. The maximum absolute atomic E-state index is 5.70. The summed E-state index contributed by atoms with van der Waals surface area (Å²) in [6, 6.07) is 10.1. The van der Waals surface area contributed by atoms with Crippen LogP contribution in [0.2, 0.25) is 0 Å². The smallest absolute Gasteiger partial charge is 0.123 e. The Morgan fingerprint density at radius 2 is 2.17 bits per heavy atom. The molecule has 0 aliphatic heterocycles. The number of halogens is 1. The molecule has 3 nitrogen and oxygen atoms in total. The van der Waals surface area contributed by atoms with Crippen molar-refractivity contribution in [2.75, 3.05) is 7.05 Å². The SMILES string of the molecule is CNCc1occc1COCc1cccc(Br)c1. The first-order valence-corrected chi connectivity index (χ1v) is 6.61. The second-order valence-electron chi connectivity index (χ2n) is 4.02. The molecule has 0 aliphatic rings. The summed E-state index contributed by atoms with van der Waals surface area (Å²) < 4.78 is 12.1. The van der Waals surface area contributed by atoms with Gasteiger partial charge in [0.25, 0.3) is 0 Å². The van der Waals surface area contributed by atoms with Crippen LogP contribution in [-0.4, -0.2) is 7.05 Å². The highest BCUT2D eigenvalue weighted by atomic mass is 79.9. The Labute approximate surface area is 115 Å². The molecule has 0 atom stereocenters. The highest BCUT2D eigenvalue weighted by molar-refractivity contribution is 9.10. The Morgan fingerprint density at radius 3 is 2.94 bits per heavy atom. The van der Waals surface area contributed by atoms with Crippen LogP contribution in [0.15, 0.2) is 45.5 Å². The van der Waals surface area contributed by atoms with E-state index in [1.165, 1.54) is 0 Å².